The molecule has 0 radical (unpaired) electrons. The topological polar surface area (TPSA) is 80.0 Å². The van der Waals surface area contributed by atoms with Gasteiger partial charge in [0.25, 0.3) is 5.91 Å². The smallest absolute Gasteiger partial charge is 0.255 e. The Morgan fingerprint density at radius 2 is 2.30 bits per heavy atom. The number of anilines is 1. The van der Waals surface area contributed by atoms with Crippen molar-refractivity contribution >= 4 is 27.7 Å². The van der Waals surface area contributed by atoms with E-state index in [1.54, 1.807) is 12.3 Å². The van der Waals surface area contributed by atoms with Gasteiger partial charge < -0.3 is 10.7 Å². The summed E-state index contributed by atoms with van der Waals surface area (Å²) < 4.78 is 0.765. The summed E-state index contributed by atoms with van der Waals surface area (Å²) in [5.41, 5.74) is 2.94. The van der Waals surface area contributed by atoms with Gasteiger partial charge in [0.2, 0.25) is 0 Å². The van der Waals surface area contributed by atoms with Gasteiger partial charge in [-0.15, -0.1) is 0 Å². The molecule has 20 heavy (non-hydrogen) atoms. The van der Waals surface area contributed by atoms with Gasteiger partial charge in [0.15, 0.2) is 5.82 Å². The highest BCUT2D eigenvalue weighted by molar-refractivity contribution is 9.10. The van der Waals surface area contributed by atoms with E-state index in [0.29, 0.717) is 17.3 Å². The maximum Gasteiger partial charge on any atom is 0.255 e. The number of fused-ring (bicyclic) bond motifs is 2. The lowest BCUT2D eigenvalue weighted by Crippen LogP contribution is -2.32. The molecule has 2 aliphatic carbocycles. The molecule has 0 aromatic carbocycles. The molecule has 0 saturated heterocycles. The number of hydrogen-bond acceptors (Lipinski definition) is 4. The zero-order valence-electron chi connectivity index (χ0n) is 11.2. The van der Waals surface area contributed by atoms with Gasteiger partial charge in [-0.1, -0.05) is 6.42 Å². The predicted octanol–water partition coefficient (Wildman–Crippen LogP) is 2.30. The van der Waals surface area contributed by atoms with Crippen LogP contribution in [0, 0.1) is 17.8 Å². The molecular weight excluding hydrogens is 320 g/mol. The Hall–Kier alpha value is -1.14. The summed E-state index contributed by atoms with van der Waals surface area (Å²) in [7, 11) is 0. The number of nitrogens with one attached hydrogen (secondary N) is 2. The molecule has 2 fully saturated rings. The molecule has 108 valence electrons. The third-order valence-electron chi connectivity index (χ3n) is 4.65. The largest absolute Gasteiger partial charge is 0.352 e. The Balaban J connectivity index is 1.63. The first-order chi connectivity index (χ1) is 9.67. The maximum absolute atomic E-state index is 12.3. The minimum Gasteiger partial charge on any atom is -0.352 e. The van der Waals surface area contributed by atoms with Crippen molar-refractivity contribution < 1.29 is 4.79 Å². The molecule has 2 aliphatic rings. The van der Waals surface area contributed by atoms with Crippen molar-refractivity contribution in [1.29, 1.82) is 0 Å². The number of nitrogens with zero attached hydrogens (tertiary/aromatic N) is 1. The van der Waals surface area contributed by atoms with Crippen LogP contribution in [-0.4, -0.2) is 17.4 Å². The number of halogens is 1. The fourth-order valence-corrected chi connectivity index (χ4v) is 4.00. The Kier molecular flexibility index (Phi) is 3.94. The molecule has 1 aromatic rings. The third-order valence-corrected chi connectivity index (χ3v) is 5.08. The Labute approximate surface area is 126 Å². The highest BCUT2D eigenvalue weighted by Gasteiger charge is 2.39. The number of amides is 1. The van der Waals surface area contributed by atoms with E-state index in [0.717, 1.165) is 22.9 Å². The zero-order chi connectivity index (χ0) is 14.1. The van der Waals surface area contributed by atoms with Crippen LogP contribution < -0.4 is 16.6 Å². The number of nitrogens with two attached hydrogens (primary N) is 1. The molecule has 3 unspecified atom stereocenters. The van der Waals surface area contributed by atoms with Crippen LogP contribution in [0.1, 0.15) is 36.0 Å². The summed E-state index contributed by atoms with van der Waals surface area (Å²) >= 11 is 3.33. The molecular formula is C14H19BrN4O. The van der Waals surface area contributed by atoms with Gasteiger partial charge >= 0.3 is 0 Å². The van der Waals surface area contributed by atoms with Crippen molar-refractivity contribution in [2.24, 2.45) is 23.6 Å². The number of aromatic nitrogens is 1. The first-order valence-corrected chi connectivity index (χ1v) is 7.87. The summed E-state index contributed by atoms with van der Waals surface area (Å²) in [6.07, 6.45) is 6.95. The maximum atomic E-state index is 12.3. The van der Waals surface area contributed by atoms with E-state index in [1.165, 1.54) is 25.7 Å². The lowest BCUT2D eigenvalue weighted by molar-refractivity contribution is 0.0942. The summed E-state index contributed by atoms with van der Waals surface area (Å²) in [6.45, 7) is 0.760. The van der Waals surface area contributed by atoms with E-state index in [9.17, 15) is 4.79 Å². The van der Waals surface area contributed by atoms with Gasteiger partial charge in [0.05, 0.1) is 5.56 Å². The number of pyridine rings is 1. The van der Waals surface area contributed by atoms with Crippen LogP contribution in [0.3, 0.4) is 0 Å². The van der Waals surface area contributed by atoms with Crippen LogP contribution >= 0.6 is 15.9 Å². The molecule has 2 bridgehead atoms. The fourth-order valence-electron chi connectivity index (χ4n) is 3.67. The quantitative estimate of drug-likeness (QED) is 0.581. The second kappa shape index (κ2) is 5.69. The molecule has 3 rings (SSSR count). The normalized spacial score (nSPS) is 27.6. The third kappa shape index (κ3) is 2.67. The number of hydrogen-bond donors (Lipinski definition) is 3. The molecule has 0 spiro atoms. The Morgan fingerprint density at radius 1 is 1.45 bits per heavy atom. The summed E-state index contributed by atoms with van der Waals surface area (Å²) in [5.74, 6) is 8.04. The molecule has 6 heteroatoms. The molecule has 1 aromatic heterocycles. The van der Waals surface area contributed by atoms with E-state index in [4.69, 9.17) is 5.84 Å². The van der Waals surface area contributed by atoms with Crippen LogP contribution in [0.25, 0.3) is 0 Å². The first kappa shape index (κ1) is 13.8. The number of carbonyl (C=O) groups is 1. The van der Waals surface area contributed by atoms with E-state index in [1.807, 2.05) is 0 Å². The first-order valence-electron chi connectivity index (χ1n) is 7.07. The van der Waals surface area contributed by atoms with E-state index in [-0.39, 0.29) is 5.91 Å². The monoisotopic (exact) mass is 338 g/mol. The molecule has 1 heterocycles. The van der Waals surface area contributed by atoms with E-state index < -0.39 is 0 Å². The van der Waals surface area contributed by atoms with Crippen molar-refractivity contribution in [2.75, 3.05) is 12.0 Å². The molecule has 0 aliphatic heterocycles. The van der Waals surface area contributed by atoms with E-state index >= 15 is 0 Å². The predicted molar refractivity (Wildman–Crippen MR) is 81.0 cm³/mol. The SMILES string of the molecule is NNc1ncc(Br)cc1C(=O)NCC1CC2CCC1C2. The average molecular weight is 339 g/mol. The lowest BCUT2D eigenvalue weighted by atomic mass is 9.89. The minimum atomic E-state index is -0.116. The zero-order valence-corrected chi connectivity index (χ0v) is 12.8. The van der Waals surface area contributed by atoms with E-state index in [2.05, 4.69) is 31.7 Å². The second-order valence-corrected chi connectivity index (χ2v) is 6.75. The highest BCUT2D eigenvalue weighted by Crippen LogP contribution is 2.47. The molecule has 5 nitrogen and oxygen atoms in total. The van der Waals surface area contributed by atoms with Crippen molar-refractivity contribution in [3.63, 3.8) is 0 Å². The van der Waals surface area contributed by atoms with Crippen LogP contribution in [0.15, 0.2) is 16.7 Å². The fraction of sp³-hybridized carbons (Fsp3) is 0.571. The van der Waals surface area contributed by atoms with Crippen molar-refractivity contribution in [2.45, 2.75) is 25.7 Å². The summed E-state index contributed by atoms with van der Waals surface area (Å²) in [5, 5.41) is 3.03. The Bertz CT molecular complexity index is 522. The van der Waals surface area contributed by atoms with Crippen LogP contribution in [0.5, 0.6) is 0 Å². The van der Waals surface area contributed by atoms with Gasteiger partial charge in [-0.3, -0.25) is 4.79 Å². The van der Waals surface area contributed by atoms with Crippen LogP contribution in [-0.2, 0) is 0 Å². The van der Waals surface area contributed by atoms with Crippen molar-refractivity contribution in [3.8, 4) is 0 Å². The average Bonchev–Trinajstić information content (AvgIpc) is 3.07. The standard InChI is InChI=1S/C14H19BrN4O/c15-11-5-12(13(19-16)17-7-11)14(20)18-6-10-4-8-1-2-9(10)3-8/h5,7-10H,1-4,6,16H2,(H,17,19)(H,18,20). The van der Waals surface area contributed by atoms with Crippen molar-refractivity contribution in [3.05, 3.63) is 22.3 Å². The number of carbonyl (C=O) groups excluding carboxylic acids is 1. The van der Waals surface area contributed by atoms with Gasteiger partial charge in [-0.05, 0) is 59.0 Å². The molecule has 3 atom stereocenters. The number of nitrogen functional groups attached to an aromatic ring is 1. The summed E-state index contributed by atoms with van der Waals surface area (Å²) in [4.78, 5) is 16.4. The molecule has 1 amide bonds. The molecule has 4 N–H and O–H groups in total. The van der Waals surface area contributed by atoms with Crippen LogP contribution in [0.4, 0.5) is 5.82 Å². The van der Waals surface area contributed by atoms with Crippen LogP contribution in [0.2, 0.25) is 0 Å². The van der Waals surface area contributed by atoms with Gasteiger partial charge in [-0.2, -0.15) is 0 Å². The minimum absolute atomic E-state index is 0.116. The van der Waals surface area contributed by atoms with Gasteiger partial charge in [0, 0.05) is 17.2 Å². The van der Waals surface area contributed by atoms with Gasteiger partial charge in [0.1, 0.15) is 0 Å². The number of rotatable bonds is 4. The second-order valence-electron chi connectivity index (χ2n) is 5.84. The lowest BCUT2D eigenvalue weighted by Gasteiger charge is -2.22. The summed E-state index contributed by atoms with van der Waals surface area (Å²) in [6, 6.07) is 1.73. The highest BCUT2D eigenvalue weighted by atomic mass is 79.9. The van der Waals surface area contributed by atoms with Gasteiger partial charge in [-0.25, -0.2) is 10.8 Å². The molecule has 2 saturated carbocycles. The number of hydrazine groups is 1. The van der Waals surface area contributed by atoms with Crippen molar-refractivity contribution in [1.82, 2.24) is 10.3 Å². The Morgan fingerprint density at radius 3 is 2.95 bits per heavy atom.